The lowest BCUT2D eigenvalue weighted by atomic mass is 10.2. The number of carboxylic acids is 1. The SMILES string of the molecule is Cn1ncc(N2CCOC(CCNc3ncccc3C(=O)O)C2)cc1=O. The maximum atomic E-state index is 11.8. The molecule has 9 nitrogen and oxygen atoms in total. The number of nitrogens with zero attached hydrogens (tertiary/aromatic N) is 4. The molecule has 138 valence electrons. The van der Waals surface area contributed by atoms with E-state index in [-0.39, 0.29) is 17.2 Å². The van der Waals surface area contributed by atoms with Crippen LogP contribution in [0.1, 0.15) is 16.8 Å². The molecule has 1 fully saturated rings. The van der Waals surface area contributed by atoms with Crippen molar-refractivity contribution >= 4 is 17.5 Å². The van der Waals surface area contributed by atoms with Crippen LogP contribution in [0.3, 0.4) is 0 Å². The van der Waals surface area contributed by atoms with Gasteiger partial charge in [0, 0.05) is 38.9 Å². The molecule has 0 saturated carbocycles. The van der Waals surface area contributed by atoms with Crippen molar-refractivity contribution in [2.24, 2.45) is 7.05 Å². The van der Waals surface area contributed by atoms with Gasteiger partial charge >= 0.3 is 5.97 Å². The Hall–Kier alpha value is -2.94. The summed E-state index contributed by atoms with van der Waals surface area (Å²) in [6.07, 6.45) is 3.88. The van der Waals surface area contributed by atoms with E-state index in [4.69, 9.17) is 4.74 Å². The number of aromatic nitrogens is 3. The Morgan fingerprint density at radius 2 is 2.35 bits per heavy atom. The van der Waals surface area contributed by atoms with Crippen molar-refractivity contribution in [3.05, 3.63) is 46.5 Å². The van der Waals surface area contributed by atoms with E-state index in [9.17, 15) is 14.7 Å². The van der Waals surface area contributed by atoms with Gasteiger partial charge in [0.1, 0.15) is 11.4 Å². The van der Waals surface area contributed by atoms with Gasteiger partial charge in [0.25, 0.3) is 5.56 Å². The number of rotatable bonds is 6. The summed E-state index contributed by atoms with van der Waals surface area (Å²) >= 11 is 0. The molecule has 1 aliphatic heterocycles. The molecule has 0 aromatic carbocycles. The Bertz CT molecular complexity index is 838. The zero-order valence-corrected chi connectivity index (χ0v) is 14.5. The quantitative estimate of drug-likeness (QED) is 0.771. The van der Waals surface area contributed by atoms with Crippen LogP contribution in [0.5, 0.6) is 0 Å². The minimum atomic E-state index is -1.01. The highest BCUT2D eigenvalue weighted by Gasteiger charge is 2.21. The van der Waals surface area contributed by atoms with Gasteiger partial charge in [-0.3, -0.25) is 4.79 Å². The molecule has 1 atom stereocenters. The monoisotopic (exact) mass is 359 g/mol. The van der Waals surface area contributed by atoms with Gasteiger partial charge in [0.15, 0.2) is 0 Å². The first-order valence-corrected chi connectivity index (χ1v) is 8.36. The number of anilines is 2. The van der Waals surface area contributed by atoms with Crippen LogP contribution in [0.25, 0.3) is 0 Å². The second-order valence-corrected chi connectivity index (χ2v) is 6.03. The molecule has 3 heterocycles. The Kier molecular flexibility index (Phi) is 5.47. The number of aryl methyl sites for hydroxylation is 1. The maximum Gasteiger partial charge on any atom is 0.339 e. The second kappa shape index (κ2) is 7.96. The third-order valence-corrected chi connectivity index (χ3v) is 4.25. The average molecular weight is 359 g/mol. The fraction of sp³-hybridized carbons (Fsp3) is 0.412. The number of hydrogen-bond donors (Lipinski definition) is 2. The largest absolute Gasteiger partial charge is 0.478 e. The molecular formula is C17H21N5O4. The van der Waals surface area contributed by atoms with Crippen LogP contribution < -0.4 is 15.8 Å². The highest BCUT2D eigenvalue weighted by atomic mass is 16.5. The molecule has 2 aromatic rings. The number of pyridine rings is 1. The fourth-order valence-corrected chi connectivity index (χ4v) is 2.83. The standard InChI is InChI=1S/C17H21N5O4/c1-21-15(23)9-12(10-20-21)22-7-8-26-13(11-22)4-6-19-16-14(17(24)25)3-2-5-18-16/h2-3,5,9-10,13H,4,6-8,11H2,1H3,(H,18,19)(H,24,25). The van der Waals surface area contributed by atoms with Gasteiger partial charge in [0.05, 0.1) is 24.6 Å². The van der Waals surface area contributed by atoms with Crippen LogP contribution in [0.4, 0.5) is 11.5 Å². The minimum absolute atomic E-state index is 0.0303. The summed E-state index contributed by atoms with van der Waals surface area (Å²) in [7, 11) is 1.61. The topological polar surface area (TPSA) is 110 Å². The third-order valence-electron chi connectivity index (χ3n) is 4.25. The van der Waals surface area contributed by atoms with Crippen LogP contribution >= 0.6 is 0 Å². The molecular weight excluding hydrogens is 338 g/mol. The van der Waals surface area contributed by atoms with Gasteiger partial charge in [-0.25, -0.2) is 14.5 Å². The third kappa shape index (κ3) is 4.17. The fourth-order valence-electron chi connectivity index (χ4n) is 2.83. The first kappa shape index (κ1) is 17.9. The second-order valence-electron chi connectivity index (χ2n) is 6.03. The Balaban J connectivity index is 1.57. The highest BCUT2D eigenvalue weighted by molar-refractivity contribution is 5.92. The van der Waals surface area contributed by atoms with Crippen LogP contribution in [-0.4, -0.2) is 58.2 Å². The minimum Gasteiger partial charge on any atom is -0.478 e. The van der Waals surface area contributed by atoms with Crippen LogP contribution in [-0.2, 0) is 11.8 Å². The average Bonchev–Trinajstić information content (AvgIpc) is 2.64. The zero-order chi connectivity index (χ0) is 18.5. The van der Waals surface area contributed by atoms with Crippen LogP contribution in [0.2, 0.25) is 0 Å². The van der Waals surface area contributed by atoms with E-state index in [1.807, 2.05) is 0 Å². The molecule has 1 saturated heterocycles. The Labute approximate surface area is 150 Å². The number of carbonyl (C=O) groups is 1. The van der Waals surface area contributed by atoms with E-state index in [1.165, 1.54) is 10.7 Å². The van der Waals surface area contributed by atoms with Gasteiger partial charge in [-0.2, -0.15) is 5.10 Å². The maximum absolute atomic E-state index is 11.8. The summed E-state index contributed by atoms with van der Waals surface area (Å²) in [5, 5.41) is 16.3. The first-order chi connectivity index (χ1) is 12.5. The van der Waals surface area contributed by atoms with Gasteiger partial charge in [0.2, 0.25) is 0 Å². The molecule has 0 radical (unpaired) electrons. The summed E-state index contributed by atoms with van der Waals surface area (Å²) in [5.74, 6) is -0.665. The summed E-state index contributed by atoms with van der Waals surface area (Å²) in [4.78, 5) is 29.1. The molecule has 2 N–H and O–H groups in total. The molecule has 0 amide bonds. The van der Waals surface area contributed by atoms with Crippen molar-refractivity contribution in [3.8, 4) is 0 Å². The number of ether oxygens (including phenoxy) is 1. The number of morpholine rings is 1. The molecule has 9 heteroatoms. The molecule has 26 heavy (non-hydrogen) atoms. The van der Waals surface area contributed by atoms with E-state index in [0.29, 0.717) is 38.5 Å². The highest BCUT2D eigenvalue weighted by Crippen LogP contribution is 2.17. The van der Waals surface area contributed by atoms with Crippen molar-refractivity contribution in [2.45, 2.75) is 12.5 Å². The first-order valence-electron chi connectivity index (χ1n) is 8.36. The number of carboxylic acid groups (broad SMARTS) is 1. The normalized spacial score (nSPS) is 17.1. The van der Waals surface area contributed by atoms with Crippen LogP contribution in [0, 0.1) is 0 Å². The lowest BCUT2D eigenvalue weighted by Crippen LogP contribution is -2.43. The van der Waals surface area contributed by atoms with E-state index in [2.05, 4.69) is 20.3 Å². The van der Waals surface area contributed by atoms with E-state index < -0.39 is 5.97 Å². The van der Waals surface area contributed by atoms with Crippen molar-refractivity contribution in [3.63, 3.8) is 0 Å². The molecule has 3 rings (SSSR count). The summed E-state index contributed by atoms with van der Waals surface area (Å²) in [6.45, 7) is 2.43. The smallest absolute Gasteiger partial charge is 0.339 e. The molecule has 0 spiro atoms. The summed E-state index contributed by atoms with van der Waals surface area (Å²) < 4.78 is 7.07. The molecule has 0 bridgehead atoms. The molecule has 1 unspecified atom stereocenters. The van der Waals surface area contributed by atoms with Gasteiger partial charge < -0.3 is 20.1 Å². The number of aromatic carboxylic acids is 1. The van der Waals surface area contributed by atoms with E-state index >= 15 is 0 Å². The molecule has 0 aliphatic carbocycles. The van der Waals surface area contributed by atoms with Gasteiger partial charge in [-0.1, -0.05) is 0 Å². The van der Waals surface area contributed by atoms with E-state index in [1.54, 1.807) is 31.6 Å². The van der Waals surface area contributed by atoms with Crippen molar-refractivity contribution in [1.29, 1.82) is 0 Å². The number of hydrogen-bond acceptors (Lipinski definition) is 7. The van der Waals surface area contributed by atoms with E-state index in [0.717, 1.165) is 5.69 Å². The van der Waals surface area contributed by atoms with Gasteiger partial charge in [-0.05, 0) is 18.6 Å². The van der Waals surface area contributed by atoms with Crippen molar-refractivity contribution < 1.29 is 14.6 Å². The van der Waals surface area contributed by atoms with Crippen LogP contribution in [0.15, 0.2) is 35.4 Å². The lowest BCUT2D eigenvalue weighted by molar-refractivity contribution is 0.0374. The number of nitrogens with one attached hydrogen (secondary N) is 1. The molecule has 2 aromatic heterocycles. The van der Waals surface area contributed by atoms with Crippen molar-refractivity contribution in [2.75, 3.05) is 36.5 Å². The summed E-state index contributed by atoms with van der Waals surface area (Å²) in [6, 6.07) is 4.68. The Morgan fingerprint density at radius 1 is 1.50 bits per heavy atom. The zero-order valence-electron chi connectivity index (χ0n) is 14.5. The lowest BCUT2D eigenvalue weighted by Gasteiger charge is -2.34. The predicted octanol–water partition coefficient (Wildman–Crippen LogP) is 0.581. The Morgan fingerprint density at radius 3 is 3.12 bits per heavy atom. The van der Waals surface area contributed by atoms with Crippen molar-refractivity contribution in [1.82, 2.24) is 14.8 Å². The summed E-state index contributed by atoms with van der Waals surface area (Å²) in [5.41, 5.74) is 0.778. The van der Waals surface area contributed by atoms with Gasteiger partial charge in [-0.15, -0.1) is 0 Å². The molecule has 1 aliphatic rings. The predicted molar refractivity (Wildman–Crippen MR) is 95.7 cm³/mol.